The van der Waals surface area contributed by atoms with Crippen molar-refractivity contribution in [3.05, 3.63) is 65.3 Å². The molecule has 0 saturated carbocycles. The number of piperidine rings is 1. The molecule has 0 amide bonds. The van der Waals surface area contributed by atoms with Gasteiger partial charge in [0.15, 0.2) is 5.65 Å². The number of anilines is 2. The molecule has 2 aliphatic heterocycles. The van der Waals surface area contributed by atoms with E-state index >= 15 is 0 Å². The van der Waals surface area contributed by atoms with Gasteiger partial charge >= 0.3 is 0 Å². The molecule has 204 valence electrons. The summed E-state index contributed by atoms with van der Waals surface area (Å²) >= 11 is 6.65. The van der Waals surface area contributed by atoms with Gasteiger partial charge in [-0.1, -0.05) is 23.7 Å². The smallest absolute Gasteiger partial charge is 0.180 e. The molecule has 39 heavy (non-hydrogen) atoms. The number of benzene rings is 2. The second-order valence-electron chi connectivity index (χ2n) is 10.6. The summed E-state index contributed by atoms with van der Waals surface area (Å²) < 4.78 is 5.28. The fourth-order valence-corrected chi connectivity index (χ4v) is 5.73. The second kappa shape index (κ2) is 11.4. The monoisotopic (exact) mass is 545 g/mol. The Hall–Kier alpha value is -3.33. The van der Waals surface area contributed by atoms with Crippen molar-refractivity contribution in [1.29, 1.82) is 0 Å². The zero-order chi connectivity index (χ0) is 26.8. The molecular formula is C30H36ClN7O. The lowest BCUT2D eigenvalue weighted by atomic mass is 10.0. The van der Waals surface area contributed by atoms with Gasteiger partial charge in [0.25, 0.3) is 0 Å². The van der Waals surface area contributed by atoms with Crippen LogP contribution in [0.25, 0.3) is 22.6 Å². The van der Waals surface area contributed by atoms with Crippen molar-refractivity contribution in [1.82, 2.24) is 24.8 Å². The number of likely N-dealkylation sites (N-methyl/N-ethyl adjacent to an activating group) is 1. The molecule has 2 aliphatic rings. The largest absolute Gasteiger partial charge is 0.497 e. The fourth-order valence-electron chi connectivity index (χ4n) is 5.53. The SMILES string of the molecule is COc1ccc(CN2CCC(Nc3c(Cl)cnc4nc(-c5ccc(N6CCN(C)CC6)cc5)[nH]c34)CC2)cc1. The maximum Gasteiger partial charge on any atom is 0.180 e. The number of fused-ring (bicyclic) bond motifs is 1. The zero-order valence-corrected chi connectivity index (χ0v) is 23.4. The molecule has 9 heteroatoms. The number of nitrogens with one attached hydrogen (secondary N) is 2. The standard InChI is InChI=1S/C30H36ClN7O/c1-36-15-17-38(18-16-36)24-7-5-22(6-8-24)29-34-28-27(26(31)19-32-30(28)35-29)33-23-11-13-37(14-12-23)20-21-3-9-25(39-2)10-4-21/h3-10,19,23H,11-18,20H2,1-2H3,(H2,32,33,34,35). The quantitative estimate of drug-likeness (QED) is 0.334. The normalized spacial score (nSPS) is 17.6. The average Bonchev–Trinajstić information content (AvgIpc) is 3.41. The van der Waals surface area contributed by atoms with Gasteiger partial charge in [-0.2, -0.15) is 0 Å². The number of pyridine rings is 1. The number of hydrogen-bond acceptors (Lipinski definition) is 7. The molecule has 2 fully saturated rings. The molecule has 2 saturated heterocycles. The summed E-state index contributed by atoms with van der Waals surface area (Å²) in [6.45, 7) is 7.31. The van der Waals surface area contributed by atoms with E-state index in [1.54, 1.807) is 13.3 Å². The minimum atomic E-state index is 0.342. The third kappa shape index (κ3) is 5.83. The molecule has 2 N–H and O–H groups in total. The Morgan fingerprint density at radius 2 is 1.69 bits per heavy atom. The Morgan fingerprint density at radius 3 is 2.38 bits per heavy atom. The number of nitrogens with zero attached hydrogens (tertiary/aromatic N) is 5. The van der Waals surface area contributed by atoms with Crippen LogP contribution in [0, 0.1) is 0 Å². The highest BCUT2D eigenvalue weighted by Gasteiger charge is 2.22. The van der Waals surface area contributed by atoms with Crippen LogP contribution >= 0.6 is 11.6 Å². The predicted molar refractivity (Wildman–Crippen MR) is 159 cm³/mol. The highest BCUT2D eigenvalue weighted by atomic mass is 35.5. The maximum atomic E-state index is 6.65. The number of likely N-dealkylation sites (tertiary alicyclic amines) is 1. The van der Waals surface area contributed by atoms with Gasteiger partial charge in [-0.25, -0.2) is 9.97 Å². The van der Waals surface area contributed by atoms with Crippen molar-refractivity contribution in [3.63, 3.8) is 0 Å². The Morgan fingerprint density at radius 1 is 0.974 bits per heavy atom. The molecule has 4 aromatic rings. The lowest BCUT2D eigenvalue weighted by Crippen LogP contribution is -2.44. The molecule has 2 aromatic carbocycles. The van der Waals surface area contributed by atoms with E-state index in [0.717, 1.165) is 87.0 Å². The van der Waals surface area contributed by atoms with Crippen molar-refractivity contribution in [3.8, 4) is 17.1 Å². The third-order valence-electron chi connectivity index (χ3n) is 7.98. The minimum absolute atomic E-state index is 0.342. The van der Waals surface area contributed by atoms with Gasteiger partial charge in [-0.15, -0.1) is 0 Å². The van der Waals surface area contributed by atoms with Crippen molar-refractivity contribution in [2.45, 2.75) is 25.4 Å². The number of aromatic nitrogens is 3. The summed E-state index contributed by atoms with van der Waals surface area (Å²) in [6.07, 6.45) is 3.79. The number of halogens is 1. The third-order valence-corrected chi connectivity index (χ3v) is 8.27. The molecule has 0 atom stereocenters. The Kier molecular flexibility index (Phi) is 7.59. The van der Waals surface area contributed by atoms with Crippen LogP contribution in [-0.4, -0.2) is 84.2 Å². The molecule has 0 unspecified atom stereocenters. The number of rotatable bonds is 7. The fraction of sp³-hybridized carbons (Fsp3) is 0.400. The summed E-state index contributed by atoms with van der Waals surface area (Å²) in [7, 11) is 3.88. The van der Waals surface area contributed by atoms with Gasteiger partial charge in [-0.05, 0) is 61.9 Å². The van der Waals surface area contributed by atoms with Crippen molar-refractivity contribution < 1.29 is 4.74 Å². The van der Waals surface area contributed by atoms with Crippen LogP contribution in [0.15, 0.2) is 54.7 Å². The molecule has 4 heterocycles. The van der Waals surface area contributed by atoms with Crippen molar-refractivity contribution >= 4 is 34.1 Å². The summed E-state index contributed by atoms with van der Waals surface area (Å²) in [5.41, 5.74) is 6.04. The van der Waals surface area contributed by atoms with Gasteiger partial charge in [0, 0.05) is 63.1 Å². The summed E-state index contributed by atoms with van der Waals surface area (Å²) in [6, 6.07) is 17.3. The number of aromatic amines is 1. The van der Waals surface area contributed by atoms with Crippen LogP contribution < -0.4 is 15.0 Å². The molecule has 0 radical (unpaired) electrons. The van der Waals surface area contributed by atoms with E-state index in [0.29, 0.717) is 16.7 Å². The minimum Gasteiger partial charge on any atom is -0.497 e. The number of imidazole rings is 1. The molecule has 0 aliphatic carbocycles. The van der Waals surface area contributed by atoms with E-state index in [-0.39, 0.29) is 0 Å². The number of hydrogen-bond donors (Lipinski definition) is 2. The van der Waals surface area contributed by atoms with Crippen LogP contribution in [0.5, 0.6) is 5.75 Å². The summed E-state index contributed by atoms with van der Waals surface area (Å²) in [5.74, 6) is 1.70. The van der Waals surface area contributed by atoms with Crippen LogP contribution in [-0.2, 0) is 6.54 Å². The Labute approximate surface area is 234 Å². The lowest BCUT2D eigenvalue weighted by molar-refractivity contribution is 0.211. The van der Waals surface area contributed by atoms with E-state index in [9.17, 15) is 0 Å². The van der Waals surface area contributed by atoms with Gasteiger partial charge in [0.1, 0.15) is 17.1 Å². The number of H-pyrrole nitrogens is 1. The first-order valence-electron chi connectivity index (χ1n) is 13.8. The van der Waals surface area contributed by atoms with Gasteiger partial charge in [0.2, 0.25) is 0 Å². The highest BCUT2D eigenvalue weighted by molar-refractivity contribution is 6.34. The van der Waals surface area contributed by atoms with Crippen molar-refractivity contribution in [2.75, 3.05) is 63.6 Å². The molecular weight excluding hydrogens is 510 g/mol. The number of piperazine rings is 1. The van der Waals surface area contributed by atoms with E-state index in [1.165, 1.54) is 11.3 Å². The first-order valence-corrected chi connectivity index (χ1v) is 14.1. The topological polar surface area (TPSA) is 72.6 Å². The summed E-state index contributed by atoms with van der Waals surface area (Å²) in [4.78, 5) is 20.1. The van der Waals surface area contributed by atoms with E-state index in [4.69, 9.17) is 21.3 Å². The van der Waals surface area contributed by atoms with Crippen LogP contribution in [0.1, 0.15) is 18.4 Å². The molecule has 8 nitrogen and oxygen atoms in total. The van der Waals surface area contributed by atoms with Gasteiger partial charge in [0.05, 0.1) is 24.0 Å². The van der Waals surface area contributed by atoms with E-state index in [2.05, 4.69) is 73.4 Å². The Balaban J connectivity index is 1.12. The van der Waals surface area contributed by atoms with Crippen molar-refractivity contribution in [2.24, 2.45) is 0 Å². The lowest BCUT2D eigenvalue weighted by Gasteiger charge is -2.34. The number of methoxy groups -OCH3 is 1. The zero-order valence-electron chi connectivity index (χ0n) is 22.7. The Bertz CT molecular complexity index is 1390. The van der Waals surface area contributed by atoms with E-state index < -0.39 is 0 Å². The first kappa shape index (κ1) is 25.9. The first-order chi connectivity index (χ1) is 19.1. The van der Waals surface area contributed by atoms with Crippen LogP contribution in [0.4, 0.5) is 11.4 Å². The average molecular weight is 546 g/mol. The molecule has 0 spiro atoms. The molecule has 6 rings (SSSR count). The van der Waals surface area contributed by atoms with E-state index in [1.807, 2.05) is 12.1 Å². The number of ether oxygens (including phenoxy) is 1. The maximum absolute atomic E-state index is 6.65. The second-order valence-corrected chi connectivity index (χ2v) is 11.1. The highest BCUT2D eigenvalue weighted by Crippen LogP contribution is 2.33. The molecule has 0 bridgehead atoms. The predicted octanol–water partition coefficient (Wildman–Crippen LogP) is 5.12. The van der Waals surface area contributed by atoms with Gasteiger partial charge < -0.3 is 24.8 Å². The van der Waals surface area contributed by atoms with Gasteiger partial charge in [-0.3, -0.25) is 4.90 Å². The molecule has 2 aromatic heterocycles. The summed E-state index contributed by atoms with van der Waals surface area (Å²) in [5, 5.41) is 4.33. The van der Waals surface area contributed by atoms with Crippen LogP contribution in [0.3, 0.4) is 0 Å². The van der Waals surface area contributed by atoms with Crippen LogP contribution in [0.2, 0.25) is 5.02 Å².